The fraction of sp³-hybridized carbons (Fsp3) is 1.00. The Morgan fingerprint density at radius 1 is 0.306 bits per heavy atom. The van der Waals surface area contributed by atoms with E-state index in [1.807, 2.05) is 0 Å². The van der Waals surface area contributed by atoms with Crippen molar-refractivity contribution < 1.29 is 4.74 Å². The largest absolute Gasteiger partial charge is 0.369 e. The van der Waals surface area contributed by atoms with E-state index < -0.39 is 0 Å². The molecule has 0 aromatic carbocycles. The minimum Gasteiger partial charge on any atom is -0.369 e. The summed E-state index contributed by atoms with van der Waals surface area (Å²) in [4.78, 5) is 0. The van der Waals surface area contributed by atoms with Gasteiger partial charge in [-0.25, -0.2) is 0 Å². The molecule has 0 N–H and O–H groups in total. The topological polar surface area (TPSA) is 9.23 Å². The molecule has 0 aliphatic carbocycles. The average Bonchev–Trinajstić information content (AvgIpc) is 3.03. The zero-order chi connectivity index (χ0) is 36.3. The van der Waals surface area contributed by atoms with Gasteiger partial charge in [0, 0.05) is 0 Å². The van der Waals surface area contributed by atoms with E-state index >= 15 is 0 Å². The van der Waals surface area contributed by atoms with Gasteiger partial charge < -0.3 is 4.74 Å². The summed E-state index contributed by atoms with van der Waals surface area (Å²) in [5, 5.41) is 0. The molecule has 1 nitrogen and oxygen atoms in total. The monoisotopic (exact) mass is 691 g/mol. The maximum atomic E-state index is 7.30. The molecule has 0 rings (SSSR count). The van der Waals surface area contributed by atoms with E-state index in [1.165, 1.54) is 231 Å². The first kappa shape index (κ1) is 49.0. The molecule has 0 aliphatic heterocycles. The molecule has 2 atom stereocenters. The minimum absolute atomic E-state index is 0.0167. The summed E-state index contributed by atoms with van der Waals surface area (Å²) in [6.45, 7) is 19.1. The van der Waals surface area contributed by atoms with Crippen LogP contribution in [0, 0.1) is 11.8 Å². The Bertz CT molecular complexity index is 585. The molecular weight excluding hydrogens is 593 g/mol. The van der Waals surface area contributed by atoms with Gasteiger partial charge in [0.25, 0.3) is 0 Å². The predicted molar refractivity (Wildman–Crippen MR) is 225 cm³/mol. The SMILES string of the molecule is CCCCCCCCCCCCCCCCCCC(C)(CC(C)C)OC(C)(CCCCCCCCCCCCCCCCCC)CC(C)C. The van der Waals surface area contributed by atoms with Crippen molar-refractivity contribution in [2.75, 3.05) is 0 Å². The summed E-state index contributed by atoms with van der Waals surface area (Å²) >= 11 is 0. The molecule has 0 aromatic heterocycles. The van der Waals surface area contributed by atoms with Crippen LogP contribution in [-0.2, 0) is 4.74 Å². The van der Waals surface area contributed by atoms with E-state index in [0.29, 0.717) is 11.8 Å². The van der Waals surface area contributed by atoms with Crippen LogP contribution < -0.4 is 0 Å². The maximum absolute atomic E-state index is 7.30. The van der Waals surface area contributed by atoms with Crippen molar-refractivity contribution >= 4 is 0 Å². The summed E-state index contributed by atoms with van der Waals surface area (Å²) < 4.78 is 7.30. The van der Waals surface area contributed by atoms with Crippen molar-refractivity contribution in [1.82, 2.24) is 0 Å². The maximum Gasteiger partial charge on any atom is 0.0664 e. The minimum atomic E-state index is 0.0167. The van der Waals surface area contributed by atoms with Gasteiger partial charge in [-0.3, -0.25) is 0 Å². The smallest absolute Gasteiger partial charge is 0.0664 e. The Labute approximate surface area is 313 Å². The second-order valence-electron chi connectivity index (χ2n) is 18.3. The Hall–Kier alpha value is -0.0400. The zero-order valence-electron chi connectivity index (χ0n) is 36.0. The van der Waals surface area contributed by atoms with Crippen LogP contribution in [0.4, 0.5) is 0 Å². The molecule has 0 saturated heterocycles. The summed E-state index contributed by atoms with van der Waals surface area (Å²) in [5.41, 5.74) is 0.0335. The molecule has 0 radical (unpaired) electrons. The highest BCUT2D eigenvalue weighted by molar-refractivity contribution is 4.86. The fourth-order valence-corrected chi connectivity index (χ4v) is 8.81. The molecule has 49 heavy (non-hydrogen) atoms. The highest BCUT2D eigenvalue weighted by Crippen LogP contribution is 2.37. The Morgan fingerprint density at radius 2 is 0.490 bits per heavy atom. The third-order valence-electron chi connectivity index (χ3n) is 11.3. The Morgan fingerprint density at radius 3 is 0.673 bits per heavy atom. The molecule has 0 saturated carbocycles. The summed E-state index contributed by atoms with van der Waals surface area (Å²) in [6.07, 6.45) is 50.8. The lowest BCUT2D eigenvalue weighted by atomic mass is 9.84. The second kappa shape index (κ2) is 35.0. The van der Waals surface area contributed by atoms with Crippen molar-refractivity contribution in [1.29, 1.82) is 0 Å². The predicted octanol–water partition coefficient (Wildman–Crippen LogP) is 17.9. The molecule has 0 heterocycles. The van der Waals surface area contributed by atoms with Gasteiger partial charge in [0.1, 0.15) is 0 Å². The van der Waals surface area contributed by atoms with E-state index in [9.17, 15) is 0 Å². The molecule has 2 unspecified atom stereocenters. The molecule has 0 spiro atoms. The third kappa shape index (κ3) is 34.8. The van der Waals surface area contributed by atoms with E-state index in [2.05, 4.69) is 55.4 Å². The number of hydrogen-bond acceptors (Lipinski definition) is 1. The Kier molecular flexibility index (Phi) is 35.0. The third-order valence-corrected chi connectivity index (χ3v) is 11.3. The molecule has 0 aromatic rings. The first-order valence-electron chi connectivity index (χ1n) is 23.4. The van der Waals surface area contributed by atoms with Gasteiger partial charge in [0.05, 0.1) is 11.2 Å². The number of hydrogen-bond donors (Lipinski definition) is 0. The van der Waals surface area contributed by atoms with Gasteiger partial charge in [-0.2, -0.15) is 0 Å². The van der Waals surface area contributed by atoms with Crippen LogP contribution in [0.15, 0.2) is 0 Å². The molecule has 0 aliphatic rings. The highest BCUT2D eigenvalue weighted by atomic mass is 16.5. The fourth-order valence-electron chi connectivity index (χ4n) is 8.81. The number of unbranched alkanes of at least 4 members (excludes halogenated alkanes) is 30. The van der Waals surface area contributed by atoms with Crippen LogP contribution in [0.25, 0.3) is 0 Å². The molecule has 1 heteroatoms. The molecule has 296 valence electrons. The van der Waals surface area contributed by atoms with Crippen molar-refractivity contribution in [3.8, 4) is 0 Å². The lowest BCUT2D eigenvalue weighted by Gasteiger charge is -2.43. The van der Waals surface area contributed by atoms with Crippen LogP contribution in [0.3, 0.4) is 0 Å². The second-order valence-corrected chi connectivity index (χ2v) is 18.3. The molecule has 0 fully saturated rings. The van der Waals surface area contributed by atoms with Gasteiger partial charge >= 0.3 is 0 Å². The van der Waals surface area contributed by atoms with Crippen molar-refractivity contribution in [2.24, 2.45) is 11.8 Å². The van der Waals surface area contributed by atoms with Crippen molar-refractivity contribution in [3.63, 3.8) is 0 Å². The normalized spacial score (nSPS) is 14.6. The van der Waals surface area contributed by atoms with Gasteiger partial charge in [-0.05, 0) is 51.4 Å². The first-order valence-corrected chi connectivity index (χ1v) is 23.4. The van der Waals surface area contributed by atoms with Gasteiger partial charge in [-0.1, -0.05) is 247 Å². The standard InChI is InChI=1S/C48H98O/c1-9-11-13-15-17-19-21-23-25-27-29-31-33-35-37-39-41-47(7,43-45(3)4)49-48(8,44-46(5)6)42-40-38-36-34-32-30-28-26-24-22-20-18-16-14-12-10-2/h45-46H,9-44H2,1-8H3. The quantitative estimate of drug-likeness (QED) is 0.0582. The summed E-state index contributed by atoms with van der Waals surface area (Å²) in [5.74, 6) is 1.37. The van der Waals surface area contributed by atoms with Crippen LogP contribution in [0.5, 0.6) is 0 Å². The van der Waals surface area contributed by atoms with Gasteiger partial charge in [-0.15, -0.1) is 0 Å². The van der Waals surface area contributed by atoms with E-state index in [1.54, 1.807) is 0 Å². The molecule has 0 bridgehead atoms. The Balaban J connectivity index is 4.18. The van der Waals surface area contributed by atoms with E-state index in [4.69, 9.17) is 4.74 Å². The van der Waals surface area contributed by atoms with E-state index in [-0.39, 0.29) is 11.2 Å². The first-order chi connectivity index (χ1) is 23.7. The van der Waals surface area contributed by atoms with Gasteiger partial charge in [0.15, 0.2) is 0 Å². The van der Waals surface area contributed by atoms with Crippen LogP contribution in [0.1, 0.15) is 287 Å². The zero-order valence-corrected chi connectivity index (χ0v) is 36.0. The molecule has 0 amide bonds. The number of rotatable bonds is 40. The highest BCUT2D eigenvalue weighted by Gasteiger charge is 2.36. The van der Waals surface area contributed by atoms with Crippen LogP contribution in [0.2, 0.25) is 0 Å². The van der Waals surface area contributed by atoms with Gasteiger partial charge in [0.2, 0.25) is 0 Å². The lowest BCUT2D eigenvalue weighted by Crippen LogP contribution is -2.43. The molecular formula is C48H98O. The average molecular weight is 691 g/mol. The van der Waals surface area contributed by atoms with Crippen molar-refractivity contribution in [2.45, 2.75) is 298 Å². The summed E-state index contributed by atoms with van der Waals surface area (Å²) in [7, 11) is 0. The van der Waals surface area contributed by atoms with Crippen LogP contribution >= 0.6 is 0 Å². The van der Waals surface area contributed by atoms with Crippen molar-refractivity contribution in [3.05, 3.63) is 0 Å². The summed E-state index contributed by atoms with van der Waals surface area (Å²) in [6, 6.07) is 0. The van der Waals surface area contributed by atoms with E-state index in [0.717, 1.165) is 0 Å². The lowest BCUT2D eigenvalue weighted by molar-refractivity contribution is -0.163. The number of ether oxygens (including phenoxy) is 1. The van der Waals surface area contributed by atoms with Crippen LogP contribution in [-0.4, -0.2) is 11.2 Å².